The second-order valence-corrected chi connectivity index (χ2v) is 4.04. The van der Waals surface area contributed by atoms with Crippen molar-refractivity contribution in [2.45, 2.75) is 52.9 Å². The van der Waals surface area contributed by atoms with Gasteiger partial charge in [0.05, 0.1) is 13.0 Å². The van der Waals surface area contributed by atoms with Crippen molar-refractivity contribution in [1.82, 2.24) is 4.90 Å². The third-order valence-corrected chi connectivity index (χ3v) is 2.58. The Morgan fingerprint density at radius 2 is 1.81 bits per heavy atom. The number of carbonyl (C=O) groups is 1. The summed E-state index contributed by atoms with van der Waals surface area (Å²) in [5.74, 6) is 0.222. The summed E-state index contributed by atoms with van der Waals surface area (Å²) in [6, 6.07) is 0. The van der Waals surface area contributed by atoms with Gasteiger partial charge in [-0.05, 0) is 19.8 Å². The second-order valence-electron chi connectivity index (χ2n) is 4.04. The van der Waals surface area contributed by atoms with Gasteiger partial charge in [0.1, 0.15) is 0 Å². The van der Waals surface area contributed by atoms with Gasteiger partial charge in [-0.2, -0.15) is 0 Å². The molecule has 0 aromatic rings. The van der Waals surface area contributed by atoms with Crippen LogP contribution in [0.5, 0.6) is 0 Å². The lowest BCUT2D eigenvalue weighted by Crippen LogP contribution is -2.32. The van der Waals surface area contributed by atoms with Crippen LogP contribution in [0.25, 0.3) is 0 Å². The van der Waals surface area contributed by atoms with Gasteiger partial charge >= 0.3 is 0 Å². The first-order valence-corrected chi connectivity index (χ1v) is 6.61. The number of hydrogen-bond acceptors (Lipinski definition) is 2. The minimum absolute atomic E-state index is 0.222. The molecule has 0 aliphatic heterocycles. The molecule has 0 aromatic carbocycles. The molecule has 96 valence electrons. The highest BCUT2D eigenvalue weighted by molar-refractivity contribution is 5.76. The summed E-state index contributed by atoms with van der Waals surface area (Å²) in [5.41, 5.74) is 0. The molecule has 0 fully saturated rings. The van der Waals surface area contributed by atoms with E-state index in [1.54, 1.807) is 0 Å². The number of carbonyl (C=O) groups excluding carboxylic acids is 1. The maximum Gasteiger partial charge on any atom is 0.224 e. The van der Waals surface area contributed by atoms with Crippen LogP contribution in [0.4, 0.5) is 0 Å². The first kappa shape index (κ1) is 15.4. The van der Waals surface area contributed by atoms with Crippen molar-refractivity contribution >= 4 is 5.91 Å². The predicted octanol–water partition coefficient (Wildman–Crippen LogP) is 2.84. The van der Waals surface area contributed by atoms with Crippen LogP contribution >= 0.6 is 0 Å². The highest BCUT2D eigenvalue weighted by Gasteiger charge is 2.09. The fraction of sp³-hybridized carbons (Fsp3) is 0.923. The predicted molar refractivity (Wildman–Crippen MR) is 67.5 cm³/mol. The van der Waals surface area contributed by atoms with Gasteiger partial charge in [-0.3, -0.25) is 4.79 Å². The normalized spacial score (nSPS) is 10.4. The zero-order chi connectivity index (χ0) is 12.2. The molecule has 0 spiro atoms. The van der Waals surface area contributed by atoms with Crippen molar-refractivity contribution in [2.75, 3.05) is 26.3 Å². The van der Waals surface area contributed by atoms with E-state index >= 15 is 0 Å². The van der Waals surface area contributed by atoms with Crippen molar-refractivity contribution in [3.63, 3.8) is 0 Å². The van der Waals surface area contributed by atoms with E-state index < -0.39 is 0 Å². The topological polar surface area (TPSA) is 29.5 Å². The van der Waals surface area contributed by atoms with Gasteiger partial charge in [0.2, 0.25) is 5.91 Å². The van der Waals surface area contributed by atoms with Crippen LogP contribution in [0, 0.1) is 0 Å². The molecule has 3 nitrogen and oxygen atoms in total. The van der Waals surface area contributed by atoms with E-state index in [-0.39, 0.29) is 5.91 Å². The number of nitrogens with zero attached hydrogens (tertiary/aromatic N) is 1. The van der Waals surface area contributed by atoms with Gasteiger partial charge in [0, 0.05) is 19.7 Å². The number of rotatable bonds is 10. The summed E-state index contributed by atoms with van der Waals surface area (Å²) in [4.78, 5) is 13.6. The van der Waals surface area contributed by atoms with Gasteiger partial charge < -0.3 is 9.64 Å². The maximum absolute atomic E-state index is 11.7. The van der Waals surface area contributed by atoms with Crippen molar-refractivity contribution in [1.29, 1.82) is 0 Å². The Hall–Kier alpha value is -0.570. The van der Waals surface area contributed by atoms with E-state index in [1.165, 1.54) is 12.8 Å². The van der Waals surface area contributed by atoms with Crippen LogP contribution in [0.15, 0.2) is 0 Å². The van der Waals surface area contributed by atoms with Gasteiger partial charge in [-0.15, -0.1) is 0 Å². The van der Waals surface area contributed by atoms with E-state index in [0.29, 0.717) is 13.0 Å². The minimum Gasteiger partial charge on any atom is -0.381 e. The zero-order valence-corrected chi connectivity index (χ0v) is 11.1. The highest BCUT2D eigenvalue weighted by Crippen LogP contribution is 1.98. The molecule has 0 atom stereocenters. The second kappa shape index (κ2) is 10.9. The molecule has 1 amide bonds. The SMILES string of the molecule is CCCCCOCCC(=O)N(CC)CCC. The summed E-state index contributed by atoms with van der Waals surface area (Å²) in [7, 11) is 0. The Kier molecular flexibility index (Phi) is 10.5. The first-order chi connectivity index (χ1) is 7.76. The van der Waals surface area contributed by atoms with E-state index in [0.717, 1.165) is 32.5 Å². The minimum atomic E-state index is 0.222. The number of unbranched alkanes of at least 4 members (excludes halogenated alkanes) is 2. The van der Waals surface area contributed by atoms with E-state index in [2.05, 4.69) is 13.8 Å². The molecule has 0 aromatic heterocycles. The molecule has 0 rings (SSSR count). The largest absolute Gasteiger partial charge is 0.381 e. The summed E-state index contributed by atoms with van der Waals surface area (Å²) in [6.07, 6.45) is 5.08. The molecule has 0 aliphatic rings. The fourth-order valence-corrected chi connectivity index (χ4v) is 1.60. The summed E-state index contributed by atoms with van der Waals surface area (Å²) >= 11 is 0. The Bertz CT molecular complexity index is 171. The molecule has 0 N–H and O–H groups in total. The molecular weight excluding hydrogens is 202 g/mol. The molecule has 0 saturated heterocycles. The molecule has 0 saturated carbocycles. The maximum atomic E-state index is 11.7. The summed E-state index contributed by atoms with van der Waals surface area (Å²) < 4.78 is 5.43. The van der Waals surface area contributed by atoms with Gasteiger partial charge in [-0.1, -0.05) is 26.7 Å². The quantitative estimate of drug-likeness (QED) is 0.539. The zero-order valence-electron chi connectivity index (χ0n) is 11.1. The molecular formula is C13H27NO2. The van der Waals surface area contributed by atoms with Crippen LogP contribution in [0.2, 0.25) is 0 Å². The molecule has 0 aliphatic carbocycles. The van der Waals surface area contributed by atoms with Crippen molar-refractivity contribution in [3.05, 3.63) is 0 Å². The van der Waals surface area contributed by atoms with Gasteiger partial charge in [0.25, 0.3) is 0 Å². The number of amides is 1. The molecule has 16 heavy (non-hydrogen) atoms. The summed E-state index contributed by atoms with van der Waals surface area (Å²) in [5, 5.41) is 0. The van der Waals surface area contributed by atoms with Crippen LogP contribution in [-0.2, 0) is 9.53 Å². The van der Waals surface area contributed by atoms with Crippen LogP contribution in [-0.4, -0.2) is 37.1 Å². The lowest BCUT2D eigenvalue weighted by Gasteiger charge is -2.19. The lowest BCUT2D eigenvalue weighted by molar-refractivity contribution is -0.132. The van der Waals surface area contributed by atoms with E-state index in [4.69, 9.17) is 4.74 Å². The van der Waals surface area contributed by atoms with Crippen LogP contribution in [0.3, 0.4) is 0 Å². The van der Waals surface area contributed by atoms with Gasteiger partial charge in [0.15, 0.2) is 0 Å². The third kappa shape index (κ3) is 7.69. The highest BCUT2D eigenvalue weighted by atomic mass is 16.5. The number of hydrogen-bond donors (Lipinski definition) is 0. The van der Waals surface area contributed by atoms with E-state index in [9.17, 15) is 4.79 Å². The Labute approximate surface area is 100 Å². The third-order valence-electron chi connectivity index (χ3n) is 2.58. The average molecular weight is 229 g/mol. The molecule has 3 heteroatoms. The number of ether oxygens (including phenoxy) is 1. The monoisotopic (exact) mass is 229 g/mol. The van der Waals surface area contributed by atoms with E-state index in [1.807, 2.05) is 11.8 Å². The van der Waals surface area contributed by atoms with Crippen molar-refractivity contribution in [2.24, 2.45) is 0 Å². The molecule has 0 radical (unpaired) electrons. The Morgan fingerprint density at radius 3 is 2.38 bits per heavy atom. The van der Waals surface area contributed by atoms with Crippen LogP contribution in [0.1, 0.15) is 52.9 Å². The summed E-state index contributed by atoms with van der Waals surface area (Å²) in [6.45, 7) is 9.33. The molecule has 0 bridgehead atoms. The van der Waals surface area contributed by atoms with Crippen molar-refractivity contribution in [3.8, 4) is 0 Å². The molecule has 0 unspecified atom stereocenters. The van der Waals surface area contributed by atoms with Gasteiger partial charge in [-0.25, -0.2) is 0 Å². The Balaban J connectivity index is 3.47. The van der Waals surface area contributed by atoms with Crippen molar-refractivity contribution < 1.29 is 9.53 Å². The Morgan fingerprint density at radius 1 is 1.06 bits per heavy atom. The van der Waals surface area contributed by atoms with Crippen LogP contribution < -0.4 is 0 Å². The lowest BCUT2D eigenvalue weighted by atomic mass is 10.3. The standard InChI is InChI=1S/C13H27NO2/c1-4-7-8-11-16-12-9-13(15)14(6-3)10-5-2/h4-12H2,1-3H3. The fourth-order valence-electron chi connectivity index (χ4n) is 1.60. The molecule has 0 heterocycles. The average Bonchev–Trinajstić information content (AvgIpc) is 2.30. The smallest absolute Gasteiger partial charge is 0.224 e. The first-order valence-electron chi connectivity index (χ1n) is 6.61.